The summed E-state index contributed by atoms with van der Waals surface area (Å²) in [6.45, 7) is 3.87. The van der Waals surface area contributed by atoms with Gasteiger partial charge in [-0.2, -0.15) is 5.10 Å². The molecule has 0 radical (unpaired) electrons. The maximum absolute atomic E-state index is 10.4. The maximum Gasteiger partial charge on any atom is 0.135 e. The Morgan fingerprint density at radius 1 is 1.73 bits per heavy atom. The van der Waals surface area contributed by atoms with Crippen molar-refractivity contribution in [1.82, 2.24) is 9.78 Å². The molecule has 1 aromatic heterocycles. The minimum atomic E-state index is -2.21. The van der Waals surface area contributed by atoms with E-state index >= 15 is 0 Å². The summed E-state index contributed by atoms with van der Waals surface area (Å²) in [5.74, 6) is 0. The summed E-state index contributed by atoms with van der Waals surface area (Å²) < 4.78 is 22.3. The summed E-state index contributed by atoms with van der Waals surface area (Å²) in [4.78, 5) is 0. The van der Waals surface area contributed by atoms with E-state index in [4.69, 9.17) is 0 Å². The molecule has 1 aromatic rings. The molecule has 11 heavy (non-hydrogen) atoms. The van der Waals surface area contributed by atoms with E-state index in [0.29, 0.717) is 0 Å². The third kappa shape index (κ3) is 1.87. The van der Waals surface area contributed by atoms with E-state index < -0.39 is 11.1 Å². The van der Waals surface area contributed by atoms with Crippen LogP contribution in [0.5, 0.6) is 0 Å². The minimum absolute atomic E-state index is 0.0960. The Morgan fingerprint density at radius 3 is 2.64 bits per heavy atom. The van der Waals surface area contributed by atoms with Gasteiger partial charge in [-0.1, -0.05) is 0 Å². The average Bonchev–Trinajstić information content (AvgIpc) is 2.33. The van der Waals surface area contributed by atoms with E-state index in [0.717, 1.165) is 0 Å². The lowest BCUT2D eigenvalue weighted by molar-refractivity contribution is 0.504. The van der Waals surface area contributed by atoms with Crippen LogP contribution >= 0.6 is 0 Å². The molecular weight excluding hydrogens is 164 g/mol. The molecule has 5 heteroatoms. The normalized spacial score (nSPS) is 13.8. The monoisotopic (exact) mass is 173 g/mol. The molecule has 0 bridgehead atoms. The van der Waals surface area contributed by atoms with E-state index in [1.54, 1.807) is 10.9 Å². The van der Waals surface area contributed by atoms with Crippen LogP contribution in [-0.4, -0.2) is 18.5 Å². The Labute approximate surface area is 67.5 Å². The second kappa shape index (κ2) is 3.15. The molecule has 0 saturated heterocycles. The Bertz CT molecular complexity index is 269. The first-order chi connectivity index (χ1) is 5.11. The molecule has 1 unspecified atom stereocenters. The molecule has 0 fully saturated rings. The summed E-state index contributed by atoms with van der Waals surface area (Å²) >= 11 is -2.21. The Kier molecular flexibility index (Phi) is 2.41. The first kappa shape index (κ1) is 8.42. The predicted molar refractivity (Wildman–Crippen MR) is 39.8 cm³/mol. The Balaban J connectivity index is 2.90. The zero-order valence-electron chi connectivity index (χ0n) is 6.35. The zero-order chi connectivity index (χ0) is 8.43. The Hall–Kier alpha value is -0.680. The largest absolute Gasteiger partial charge is 0.767 e. The summed E-state index contributed by atoms with van der Waals surface area (Å²) in [7, 11) is 0. The topological polar surface area (TPSA) is 58.0 Å². The van der Waals surface area contributed by atoms with Crippen molar-refractivity contribution in [2.24, 2.45) is 0 Å². The summed E-state index contributed by atoms with van der Waals surface area (Å²) in [6.07, 6.45) is 1.65. The van der Waals surface area contributed by atoms with Crippen LogP contribution in [-0.2, 0) is 11.1 Å². The van der Waals surface area contributed by atoms with Crippen molar-refractivity contribution in [3.8, 4) is 0 Å². The predicted octanol–water partition coefficient (Wildman–Crippen LogP) is 0.702. The van der Waals surface area contributed by atoms with E-state index in [9.17, 15) is 8.76 Å². The summed E-state index contributed by atoms with van der Waals surface area (Å²) in [5, 5.41) is 3.91. The highest BCUT2D eigenvalue weighted by molar-refractivity contribution is 7.79. The van der Waals surface area contributed by atoms with Crippen LogP contribution in [0.4, 0.5) is 0 Å². The number of nitrogens with zero attached hydrogens (tertiary/aromatic N) is 2. The van der Waals surface area contributed by atoms with Crippen molar-refractivity contribution in [2.75, 3.05) is 0 Å². The number of hydrogen-bond acceptors (Lipinski definition) is 3. The molecule has 62 valence electrons. The lowest BCUT2D eigenvalue weighted by Crippen LogP contribution is -2.02. The SMILES string of the molecule is CC(C)n1ccc(S(=O)[O-])n1. The van der Waals surface area contributed by atoms with Crippen molar-refractivity contribution < 1.29 is 8.76 Å². The molecule has 0 aliphatic rings. The van der Waals surface area contributed by atoms with E-state index in [1.807, 2.05) is 13.8 Å². The van der Waals surface area contributed by atoms with Gasteiger partial charge in [0.2, 0.25) is 0 Å². The van der Waals surface area contributed by atoms with Gasteiger partial charge in [-0.15, -0.1) is 0 Å². The van der Waals surface area contributed by atoms with Gasteiger partial charge in [0.25, 0.3) is 0 Å². The van der Waals surface area contributed by atoms with Crippen LogP contribution in [0.1, 0.15) is 19.9 Å². The van der Waals surface area contributed by atoms with Crippen LogP contribution in [0, 0.1) is 0 Å². The molecule has 1 rings (SSSR count). The first-order valence-electron chi connectivity index (χ1n) is 3.25. The van der Waals surface area contributed by atoms with Crippen LogP contribution in [0.3, 0.4) is 0 Å². The van der Waals surface area contributed by atoms with Crippen molar-refractivity contribution in [2.45, 2.75) is 24.9 Å². The highest BCUT2D eigenvalue weighted by Crippen LogP contribution is 2.05. The second-order valence-corrected chi connectivity index (χ2v) is 3.35. The third-order valence-electron chi connectivity index (χ3n) is 1.28. The quantitative estimate of drug-likeness (QED) is 0.618. The fraction of sp³-hybridized carbons (Fsp3) is 0.500. The molecule has 0 aromatic carbocycles. The highest BCUT2D eigenvalue weighted by atomic mass is 32.2. The third-order valence-corrected chi connectivity index (χ3v) is 1.84. The standard InChI is InChI=1S/C6H10N2O2S/c1-5(2)8-4-3-6(7-8)11(9)10/h3-5H,1-2H3,(H,9,10)/p-1. The van der Waals surface area contributed by atoms with Gasteiger partial charge >= 0.3 is 0 Å². The van der Waals surface area contributed by atoms with Gasteiger partial charge in [-0.3, -0.25) is 8.89 Å². The van der Waals surface area contributed by atoms with E-state index in [1.165, 1.54) is 6.07 Å². The molecule has 0 amide bonds. The fourth-order valence-corrected chi connectivity index (χ4v) is 1.03. The fourth-order valence-electron chi connectivity index (χ4n) is 0.697. The van der Waals surface area contributed by atoms with Crippen molar-refractivity contribution in [3.05, 3.63) is 12.3 Å². The highest BCUT2D eigenvalue weighted by Gasteiger charge is 2.00. The number of hydrogen-bond donors (Lipinski definition) is 0. The number of rotatable bonds is 2. The lowest BCUT2D eigenvalue weighted by Gasteiger charge is -2.04. The van der Waals surface area contributed by atoms with E-state index in [2.05, 4.69) is 5.10 Å². The van der Waals surface area contributed by atoms with Gasteiger partial charge in [0.15, 0.2) is 0 Å². The van der Waals surface area contributed by atoms with Gasteiger partial charge < -0.3 is 4.55 Å². The molecular formula is C6H9N2O2S-. The minimum Gasteiger partial charge on any atom is -0.767 e. The van der Waals surface area contributed by atoms with Gasteiger partial charge in [0.1, 0.15) is 5.03 Å². The molecule has 0 spiro atoms. The maximum atomic E-state index is 10.4. The smallest absolute Gasteiger partial charge is 0.135 e. The summed E-state index contributed by atoms with van der Waals surface area (Å²) in [6, 6.07) is 1.68. The van der Waals surface area contributed by atoms with E-state index in [-0.39, 0.29) is 11.1 Å². The van der Waals surface area contributed by atoms with Crippen molar-refractivity contribution >= 4 is 11.1 Å². The van der Waals surface area contributed by atoms with Crippen molar-refractivity contribution in [3.63, 3.8) is 0 Å². The zero-order valence-corrected chi connectivity index (χ0v) is 7.17. The first-order valence-corrected chi connectivity index (χ1v) is 4.33. The van der Waals surface area contributed by atoms with Crippen molar-refractivity contribution in [1.29, 1.82) is 0 Å². The molecule has 1 atom stereocenters. The second-order valence-electron chi connectivity index (χ2n) is 2.46. The molecule has 0 aliphatic heterocycles. The van der Waals surface area contributed by atoms with Crippen LogP contribution in [0.25, 0.3) is 0 Å². The molecule has 4 nitrogen and oxygen atoms in total. The van der Waals surface area contributed by atoms with Gasteiger partial charge in [0.05, 0.1) is 0 Å². The van der Waals surface area contributed by atoms with Gasteiger partial charge in [-0.25, -0.2) is 0 Å². The molecule has 0 aliphatic carbocycles. The molecule has 1 heterocycles. The lowest BCUT2D eigenvalue weighted by atomic mass is 10.4. The van der Waals surface area contributed by atoms with Gasteiger partial charge in [0, 0.05) is 12.2 Å². The van der Waals surface area contributed by atoms with Crippen LogP contribution < -0.4 is 0 Å². The molecule has 0 saturated carbocycles. The average molecular weight is 173 g/mol. The van der Waals surface area contributed by atoms with Crippen LogP contribution in [0.15, 0.2) is 17.3 Å². The number of aromatic nitrogens is 2. The molecule has 0 N–H and O–H groups in total. The van der Waals surface area contributed by atoms with Crippen LogP contribution in [0.2, 0.25) is 0 Å². The Morgan fingerprint density at radius 2 is 2.36 bits per heavy atom. The van der Waals surface area contributed by atoms with Gasteiger partial charge in [-0.05, 0) is 31.0 Å². The summed E-state index contributed by atoms with van der Waals surface area (Å²) in [5.41, 5.74) is 0.